The van der Waals surface area contributed by atoms with Gasteiger partial charge in [0.15, 0.2) is 0 Å². The summed E-state index contributed by atoms with van der Waals surface area (Å²) in [6, 6.07) is 14.3. The van der Waals surface area contributed by atoms with Gasteiger partial charge in [0.1, 0.15) is 0 Å². The number of hydrogen-bond donors (Lipinski definition) is 0. The topological polar surface area (TPSA) is 43.9 Å². The molecule has 148 valence electrons. The lowest BCUT2D eigenvalue weighted by atomic mass is 10.0. The molecule has 5 nitrogen and oxygen atoms in total. The van der Waals surface area contributed by atoms with Crippen LogP contribution < -0.4 is 0 Å². The molecule has 0 bridgehead atoms. The zero-order valence-electron chi connectivity index (χ0n) is 16.6. The minimum absolute atomic E-state index is 0.0902. The molecule has 2 aromatic rings. The van der Waals surface area contributed by atoms with Gasteiger partial charge in [-0.15, -0.1) is 0 Å². The number of benzene rings is 2. The summed E-state index contributed by atoms with van der Waals surface area (Å²) in [7, 11) is 0. The molecule has 2 amide bonds. The van der Waals surface area contributed by atoms with E-state index in [0.29, 0.717) is 25.7 Å². The van der Waals surface area contributed by atoms with E-state index in [0.717, 1.165) is 48.8 Å². The maximum Gasteiger partial charge on any atom is 0.254 e. The van der Waals surface area contributed by atoms with Crippen LogP contribution in [0.15, 0.2) is 42.5 Å². The molecule has 0 spiro atoms. The van der Waals surface area contributed by atoms with Crippen molar-refractivity contribution in [1.82, 2.24) is 14.7 Å². The third-order valence-corrected chi connectivity index (χ3v) is 6.16. The van der Waals surface area contributed by atoms with Gasteiger partial charge in [-0.3, -0.25) is 14.5 Å². The number of fused-ring (bicyclic) bond motifs is 1. The number of rotatable bonds is 3. The Bertz CT molecular complexity index is 853. The van der Waals surface area contributed by atoms with Crippen molar-refractivity contribution in [1.29, 1.82) is 0 Å². The quantitative estimate of drug-likeness (QED) is 0.823. The summed E-state index contributed by atoms with van der Waals surface area (Å²) < 4.78 is 0. The van der Waals surface area contributed by atoms with Crippen LogP contribution in [0.3, 0.4) is 0 Å². The van der Waals surface area contributed by atoms with Crippen molar-refractivity contribution in [2.24, 2.45) is 0 Å². The molecular weight excluding hydrogens is 350 g/mol. The van der Waals surface area contributed by atoms with Crippen LogP contribution in [0.5, 0.6) is 0 Å². The van der Waals surface area contributed by atoms with Gasteiger partial charge in [-0.1, -0.05) is 36.4 Å². The SMILES string of the molecule is C[C@H]1CCCCN1C(=O)CN1CCN(C(=O)c2cccc3ccccc23)CC1. The summed E-state index contributed by atoms with van der Waals surface area (Å²) in [5.74, 6) is 0.327. The van der Waals surface area contributed by atoms with Gasteiger partial charge in [-0.2, -0.15) is 0 Å². The van der Waals surface area contributed by atoms with Gasteiger partial charge in [-0.25, -0.2) is 0 Å². The first-order valence-electron chi connectivity index (χ1n) is 10.4. The van der Waals surface area contributed by atoms with Gasteiger partial charge >= 0.3 is 0 Å². The zero-order valence-corrected chi connectivity index (χ0v) is 16.6. The van der Waals surface area contributed by atoms with E-state index in [-0.39, 0.29) is 11.8 Å². The summed E-state index contributed by atoms with van der Waals surface area (Å²) in [6.45, 7) is 6.36. The van der Waals surface area contributed by atoms with Crippen LogP contribution in [0, 0.1) is 0 Å². The van der Waals surface area contributed by atoms with E-state index < -0.39 is 0 Å². The summed E-state index contributed by atoms with van der Waals surface area (Å²) >= 11 is 0. The number of likely N-dealkylation sites (tertiary alicyclic amines) is 1. The molecule has 2 fully saturated rings. The summed E-state index contributed by atoms with van der Waals surface area (Å²) in [6.07, 6.45) is 3.45. The lowest BCUT2D eigenvalue weighted by molar-refractivity contribution is -0.136. The van der Waals surface area contributed by atoms with E-state index in [1.165, 1.54) is 6.42 Å². The molecule has 4 rings (SSSR count). The predicted octanol–water partition coefficient (Wildman–Crippen LogP) is 3.00. The molecule has 2 aliphatic rings. The van der Waals surface area contributed by atoms with Crippen molar-refractivity contribution < 1.29 is 9.59 Å². The highest BCUT2D eigenvalue weighted by Crippen LogP contribution is 2.21. The lowest BCUT2D eigenvalue weighted by Crippen LogP contribution is -2.53. The Labute approximate surface area is 166 Å². The fourth-order valence-electron chi connectivity index (χ4n) is 4.44. The van der Waals surface area contributed by atoms with Crippen molar-refractivity contribution in [3.05, 3.63) is 48.0 Å². The maximum absolute atomic E-state index is 13.1. The van der Waals surface area contributed by atoms with E-state index in [1.54, 1.807) is 0 Å². The first-order chi connectivity index (χ1) is 13.6. The first-order valence-corrected chi connectivity index (χ1v) is 10.4. The average molecular weight is 380 g/mol. The summed E-state index contributed by atoms with van der Waals surface area (Å²) in [5.41, 5.74) is 0.768. The second-order valence-electron chi connectivity index (χ2n) is 8.03. The predicted molar refractivity (Wildman–Crippen MR) is 111 cm³/mol. The molecular formula is C23H29N3O2. The van der Waals surface area contributed by atoms with Crippen molar-refractivity contribution in [2.45, 2.75) is 32.2 Å². The highest BCUT2D eigenvalue weighted by Gasteiger charge is 2.28. The number of hydrogen-bond acceptors (Lipinski definition) is 3. The van der Waals surface area contributed by atoms with Gasteiger partial charge in [0, 0.05) is 44.3 Å². The van der Waals surface area contributed by atoms with E-state index in [2.05, 4.69) is 11.8 Å². The Morgan fingerprint density at radius 3 is 2.46 bits per heavy atom. The normalized spacial score (nSPS) is 21.1. The van der Waals surface area contributed by atoms with Gasteiger partial charge in [0.05, 0.1) is 6.54 Å². The van der Waals surface area contributed by atoms with E-state index in [1.807, 2.05) is 52.3 Å². The fraction of sp³-hybridized carbons (Fsp3) is 0.478. The molecule has 2 aromatic carbocycles. The smallest absolute Gasteiger partial charge is 0.254 e. The summed E-state index contributed by atoms with van der Waals surface area (Å²) in [4.78, 5) is 31.9. The van der Waals surface area contributed by atoms with Crippen molar-refractivity contribution in [2.75, 3.05) is 39.3 Å². The third-order valence-electron chi connectivity index (χ3n) is 6.16. The first kappa shape index (κ1) is 18.9. The Balaban J connectivity index is 1.36. The molecule has 1 atom stereocenters. The minimum Gasteiger partial charge on any atom is -0.339 e. The molecule has 0 saturated carbocycles. The number of nitrogens with zero attached hydrogens (tertiary/aromatic N) is 3. The lowest BCUT2D eigenvalue weighted by Gasteiger charge is -2.38. The largest absolute Gasteiger partial charge is 0.339 e. The number of piperidine rings is 1. The molecule has 0 N–H and O–H groups in total. The van der Waals surface area contributed by atoms with Crippen molar-refractivity contribution >= 4 is 22.6 Å². The van der Waals surface area contributed by atoms with Gasteiger partial charge in [0.2, 0.25) is 5.91 Å². The maximum atomic E-state index is 13.1. The second kappa shape index (κ2) is 8.31. The van der Waals surface area contributed by atoms with Gasteiger partial charge < -0.3 is 9.80 Å². The van der Waals surface area contributed by atoms with Crippen LogP contribution in [0.4, 0.5) is 0 Å². The molecule has 0 aliphatic carbocycles. The van der Waals surface area contributed by atoms with Crippen LogP contribution in [-0.2, 0) is 4.79 Å². The van der Waals surface area contributed by atoms with Gasteiger partial charge in [-0.05, 0) is 43.0 Å². The Hall–Kier alpha value is -2.40. The van der Waals surface area contributed by atoms with E-state index >= 15 is 0 Å². The average Bonchev–Trinajstić information content (AvgIpc) is 2.73. The number of carbonyl (C=O) groups is 2. The van der Waals surface area contributed by atoms with E-state index in [9.17, 15) is 9.59 Å². The summed E-state index contributed by atoms with van der Waals surface area (Å²) in [5, 5.41) is 2.10. The molecule has 5 heteroatoms. The number of carbonyl (C=O) groups excluding carboxylic acids is 2. The Morgan fingerprint density at radius 2 is 1.68 bits per heavy atom. The second-order valence-corrected chi connectivity index (χ2v) is 8.03. The van der Waals surface area contributed by atoms with Crippen LogP contribution in [0.25, 0.3) is 10.8 Å². The monoisotopic (exact) mass is 379 g/mol. The Morgan fingerprint density at radius 1 is 0.929 bits per heavy atom. The van der Waals surface area contributed by atoms with Crippen LogP contribution in [0.2, 0.25) is 0 Å². The van der Waals surface area contributed by atoms with Gasteiger partial charge in [0.25, 0.3) is 5.91 Å². The van der Waals surface area contributed by atoms with Crippen LogP contribution in [-0.4, -0.2) is 71.8 Å². The van der Waals surface area contributed by atoms with Crippen LogP contribution >= 0.6 is 0 Å². The molecule has 0 aromatic heterocycles. The van der Waals surface area contributed by atoms with Crippen molar-refractivity contribution in [3.63, 3.8) is 0 Å². The van der Waals surface area contributed by atoms with E-state index in [4.69, 9.17) is 0 Å². The molecule has 28 heavy (non-hydrogen) atoms. The highest BCUT2D eigenvalue weighted by atomic mass is 16.2. The standard InChI is InChI=1S/C23H29N3O2/c1-18-7-4-5-12-26(18)22(27)17-24-13-15-25(16-14-24)23(28)21-11-6-9-19-8-2-3-10-20(19)21/h2-3,6,8-11,18H,4-5,7,12-17H2,1H3/t18-/m0/s1. The zero-order chi connectivity index (χ0) is 19.5. The molecule has 2 aliphatic heterocycles. The molecule has 0 radical (unpaired) electrons. The highest BCUT2D eigenvalue weighted by molar-refractivity contribution is 6.07. The van der Waals surface area contributed by atoms with Crippen molar-refractivity contribution in [3.8, 4) is 0 Å². The number of piperazine rings is 1. The fourth-order valence-corrected chi connectivity index (χ4v) is 4.44. The minimum atomic E-state index is 0.0902. The molecule has 2 saturated heterocycles. The molecule has 0 unspecified atom stereocenters. The van der Waals surface area contributed by atoms with Crippen LogP contribution in [0.1, 0.15) is 36.5 Å². The Kier molecular flexibility index (Phi) is 5.62. The third kappa shape index (κ3) is 3.90. The molecule has 2 heterocycles. The number of amides is 2.